The van der Waals surface area contributed by atoms with Gasteiger partial charge in [0.1, 0.15) is 0 Å². The van der Waals surface area contributed by atoms with E-state index < -0.39 is 10.0 Å². The van der Waals surface area contributed by atoms with E-state index in [2.05, 4.69) is 0 Å². The second kappa shape index (κ2) is 8.04. The molecule has 0 spiro atoms. The third kappa shape index (κ3) is 4.15. The van der Waals surface area contributed by atoms with E-state index in [1.807, 2.05) is 54.6 Å². The van der Waals surface area contributed by atoms with Crippen molar-refractivity contribution >= 4 is 21.6 Å². The number of aromatic nitrogens is 2. The van der Waals surface area contributed by atoms with Crippen LogP contribution in [-0.2, 0) is 16.6 Å². The first-order chi connectivity index (χ1) is 14.3. The largest absolute Gasteiger partial charge is 0.326 e. The summed E-state index contributed by atoms with van der Waals surface area (Å²) >= 11 is 6.04. The molecule has 3 aromatic carbocycles. The van der Waals surface area contributed by atoms with Crippen molar-refractivity contribution in [3.05, 3.63) is 89.4 Å². The number of nitrogens with zero attached hydrogens (tertiary/aromatic N) is 2. The first-order valence-electron chi connectivity index (χ1n) is 9.14. The Morgan fingerprint density at radius 3 is 2.03 bits per heavy atom. The Balaban J connectivity index is 1.84. The van der Waals surface area contributed by atoms with Crippen LogP contribution in [0.3, 0.4) is 0 Å². The molecule has 0 aliphatic heterocycles. The molecule has 0 radical (unpaired) electrons. The first kappa shape index (κ1) is 20.3. The summed E-state index contributed by atoms with van der Waals surface area (Å²) in [7, 11) is -3.77. The Morgan fingerprint density at radius 1 is 0.867 bits per heavy atom. The molecule has 0 fully saturated rings. The lowest BCUT2D eigenvalue weighted by Gasteiger charge is -2.08. The van der Waals surface area contributed by atoms with Gasteiger partial charge in [0.05, 0.1) is 22.0 Å². The number of primary sulfonamides is 1. The van der Waals surface area contributed by atoms with Crippen molar-refractivity contribution in [1.29, 1.82) is 0 Å². The number of nitrogens with two attached hydrogens (primary N) is 2. The van der Waals surface area contributed by atoms with Crippen LogP contribution in [0.25, 0.3) is 28.2 Å². The number of benzene rings is 3. The Labute approximate surface area is 179 Å². The summed E-state index contributed by atoms with van der Waals surface area (Å²) in [5.41, 5.74) is 10.9. The zero-order valence-electron chi connectivity index (χ0n) is 15.9. The zero-order chi connectivity index (χ0) is 21.3. The third-order valence-electron chi connectivity index (χ3n) is 4.74. The van der Waals surface area contributed by atoms with E-state index in [9.17, 15) is 8.42 Å². The topological polar surface area (TPSA) is 104 Å². The van der Waals surface area contributed by atoms with Gasteiger partial charge in [-0.1, -0.05) is 48.0 Å². The van der Waals surface area contributed by atoms with Crippen LogP contribution in [0.4, 0.5) is 0 Å². The van der Waals surface area contributed by atoms with Crippen LogP contribution in [0, 0.1) is 0 Å². The van der Waals surface area contributed by atoms with Gasteiger partial charge < -0.3 is 5.73 Å². The van der Waals surface area contributed by atoms with E-state index in [0.29, 0.717) is 17.3 Å². The van der Waals surface area contributed by atoms with Crippen LogP contribution < -0.4 is 10.9 Å². The minimum atomic E-state index is -3.77. The van der Waals surface area contributed by atoms with E-state index in [1.165, 1.54) is 12.1 Å². The molecule has 6 nitrogen and oxygen atoms in total. The summed E-state index contributed by atoms with van der Waals surface area (Å²) in [5, 5.41) is 10.6. The summed E-state index contributed by atoms with van der Waals surface area (Å²) in [5.74, 6) is 0. The van der Waals surface area contributed by atoms with Gasteiger partial charge in [-0.25, -0.2) is 18.2 Å². The molecular weight excluding hydrogens is 420 g/mol. The van der Waals surface area contributed by atoms with E-state index >= 15 is 0 Å². The average molecular weight is 439 g/mol. The van der Waals surface area contributed by atoms with Gasteiger partial charge >= 0.3 is 0 Å². The highest BCUT2D eigenvalue weighted by atomic mass is 35.5. The monoisotopic (exact) mass is 438 g/mol. The Kier molecular flexibility index (Phi) is 5.44. The second-order valence-corrected chi connectivity index (χ2v) is 8.77. The fourth-order valence-corrected chi connectivity index (χ4v) is 3.78. The van der Waals surface area contributed by atoms with Gasteiger partial charge in [-0.3, -0.25) is 0 Å². The Bertz CT molecular complexity index is 1280. The van der Waals surface area contributed by atoms with Crippen molar-refractivity contribution in [3.63, 3.8) is 0 Å². The molecule has 8 heteroatoms. The molecular formula is C22H19ClN4O2S. The standard InChI is InChI=1S/C22H19ClN4O2S/c23-18-7-5-17(6-8-18)22-13-21(16-3-1-15(14-24)2-4-16)26-27(22)19-9-11-20(12-10-19)30(25,28)29/h1-13H,14,24H2,(H2,25,28,29). The molecule has 4 rings (SSSR count). The number of hydrogen-bond acceptors (Lipinski definition) is 4. The van der Waals surface area contributed by atoms with E-state index in [4.69, 9.17) is 27.6 Å². The van der Waals surface area contributed by atoms with Crippen molar-refractivity contribution in [2.45, 2.75) is 11.4 Å². The van der Waals surface area contributed by atoms with Gasteiger partial charge in [0.15, 0.2) is 0 Å². The smallest absolute Gasteiger partial charge is 0.238 e. The molecule has 0 saturated carbocycles. The lowest BCUT2D eigenvalue weighted by atomic mass is 10.1. The van der Waals surface area contributed by atoms with Gasteiger partial charge in [-0.2, -0.15) is 5.10 Å². The van der Waals surface area contributed by atoms with Crippen LogP contribution in [-0.4, -0.2) is 18.2 Å². The predicted molar refractivity (Wildman–Crippen MR) is 119 cm³/mol. The minimum Gasteiger partial charge on any atom is -0.326 e. The molecule has 30 heavy (non-hydrogen) atoms. The summed E-state index contributed by atoms with van der Waals surface area (Å²) < 4.78 is 24.9. The van der Waals surface area contributed by atoms with Gasteiger partial charge in [-0.05, 0) is 48.0 Å². The highest BCUT2D eigenvalue weighted by Gasteiger charge is 2.15. The Morgan fingerprint density at radius 2 is 1.47 bits per heavy atom. The third-order valence-corrected chi connectivity index (χ3v) is 5.93. The molecule has 0 bridgehead atoms. The molecule has 0 saturated heterocycles. The normalized spacial score (nSPS) is 11.6. The number of rotatable bonds is 5. The minimum absolute atomic E-state index is 0.0454. The lowest BCUT2D eigenvalue weighted by molar-refractivity contribution is 0.598. The molecule has 0 unspecified atom stereocenters. The molecule has 4 N–H and O–H groups in total. The molecule has 0 aliphatic rings. The molecule has 4 aromatic rings. The van der Waals surface area contributed by atoms with Crippen molar-refractivity contribution in [2.24, 2.45) is 10.9 Å². The van der Waals surface area contributed by atoms with Gasteiger partial charge in [-0.15, -0.1) is 0 Å². The maximum absolute atomic E-state index is 11.6. The van der Waals surface area contributed by atoms with E-state index in [0.717, 1.165) is 28.1 Å². The fourth-order valence-electron chi connectivity index (χ4n) is 3.13. The van der Waals surface area contributed by atoms with E-state index in [-0.39, 0.29) is 4.90 Å². The lowest BCUT2D eigenvalue weighted by Crippen LogP contribution is -2.12. The molecule has 0 aliphatic carbocycles. The summed E-state index contributed by atoms with van der Waals surface area (Å²) in [6, 6.07) is 23.6. The van der Waals surface area contributed by atoms with Gasteiger partial charge in [0, 0.05) is 22.7 Å². The molecule has 1 heterocycles. The van der Waals surface area contributed by atoms with Crippen LogP contribution in [0.15, 0.2) is 83.8 Å². The summed E-state index contributed by atoms with van der Waals surface area (Å²) in [4.78, 5) is 0.0454. The SMILES string of the molecule is NCc1ccc(-c2cc(-c3ccc(Cl)cc3)n(-c3ccc(S(N)(=O)=O)cc3)n2)cc1. The number of sulfonamides is 1. The highest BCUT2D eigenvalue weighted by molar-refractivity contribution is 7.89. The average Bonchev–Trinajstić information content (AvgIpc) is 3.19. The zero-order valence-corrected chi connectivity index (χ0v) is 17.4. The van der Waals surface area contributed by atoms with Crippen LogP contribution in [0.5, 0.6) is 0 Å². The van der Waals surface area contributed by atoms with Crippen molar-refractivity contribution in [3.8, 4) is 28.2 Å². The molecule has 152 valence electrons. The van der Waals surface area contributed by atoms with Crippen LogP contribution >= 0.6 is 11.6 Å². The van der Waals surface area contributed by atoms with E-state index in [1.54, 1.807) is 16.8 Å². The van der Waals surface area contributed by atoms with Gasteiger partial charge in [0.25, 0.3) is 0 Å². The van der Waals surface area contributed by atoms with Crippen LogP contribution in [0.2, 0.25) is 5.02 Å². The molecule has 0 amide bonds. The maximum Gasteiger partial charge on any atom is 0.238 e. The van der Waals surface area contributed by atoms with Gasteiger partial charge in [0.2, 0.25) is 10.0 Å². The number of hydrogen-bond donors (Lipinski definition) is 2. The van der Waals surface area contributed by atoms with Crippen molar-refractivity contribution < 1.29 is 8.42 Å². The second-order valence-electron chi connectivity index (χ2n) is 6.77. The van der Waals surface area contributed by atoms with Crippen molar-refractivity contribution in [1.82, 2.24) is 9.78 Å². The quantitative estimate of drug-likeness (QED) is 0.492. The fraction of sp³-hybridized carbons (Fsp3) is 0.0455. The first-order valence-corrected chi connectivity index (χ1v) is 11.1. The van der Waals surface area contributed by atoms with Crippen LogP contribution in [0.1, 0.15) is 5.56 Å². The summed E-state index contributed by atoms with van der Waals surface area (Å²) in [6.07, 6.45) is 0. The Hall–Kier alpha value is -2.97. The molecule has 0 atom stereocenters. The maximum atomic E-state index is 11.6. The summed E-state index contributed by atoms with van der Waals surface area (Å²) in [6.45, 7) is 0.473. The predicted octanol–water partition coefficient (Wildman–Crippen LogP) is 3.97. The highest BCUT2D eigenvalue weighted by Crippen LogP contribution is 2.30. The number of halogens is 1. The molecule has 1 aromatic heterocycles. The van der Waals surface area contributed by atoms with Crippen molar-refractivity contribution in [2.75, 3.05) is 0 Å².